The van der Waals surface area contributed by atoms with Crippen molar-refractivity contribution in [1.82, 2.24) is 14.9 Å². The van der Waals surface area contributed by atoms with Crippen molar-refractivity contribution in [2.45, 2.75) is 42.8 Å². The Hall–Kier alpha value is -2.67. The van der Waals surface area contributed by atoms with Crippen LogP contribution in [0.2, 0.25) is 0 Å². The zero-order chi connectivity index (χ0) is 22.8. The van der Waals surface area contributed by atoms with Crippen molar-refractivity contribution in [3.63, 3.8) is 0 Å². The Kier molecular flexibility index (Phi) is 6.49. The number of para-hydroxylation sites is 1. The zero-order valence-electron chi connectivity index (χ0n) is 18.9. The molecular formula is C26H29FN4OS. The maximum absolute atomic E-state index is 13.2. The molecule has 2 saturated heterocycles. The largest absolute Gasteiger partial charge is 0.342 e. The van der Waals surface area contributed by atoms with E-state index in [1.807, 2.05) is 37.3 Å². The molecule has 0 N–H and O–H groups in total. The first-order chi connectivity index (χ1) is 16.1. The third kappa shape index (κ3) is 4.98. The van der Waals surface area contributed by atoms with Crippen LogP contribution >= 0.6 is 11.8 Å². The highest BCUT2D eigenvalue weighted by molar-refractivity contribution is 8.00. The van der Waals surface area contributed by atoms with Crippen molar-refractivity contribution in [2.24, 2.45) is 5.92 Å². The number of benzene rings is 2. The van der Waals surface area contributed by atoms with Crippen LogP contribution in [0.25, 0.3) is 10.9 Å². The number of aryl methyl sites for hydroxylation is 1. The minimum atomic E-state index is -0.201. The number of halogens is 1. The standard InChI is InChI=1S/C26H29FN4OS/c1-18-23-4-2-3-5-24(23)29-26(28-18)31-14-10-19(11-15-31)25(32)30-16-12-22(13-17-30)33-21-8-6-20(27)7-9-21/h2-9,19,22H,10-17H2,1H3. The van der Waals surface area contributed by atoms with Crippen LogP contribution in [0, 0.1) is 18.7 Å². The number of amides is 1. The molecule has 3 aromatic rings. The Balaban J connectivity index is 1.13. The number of carbonyl (C=O) groups is 1. The van der Waals surface area contributed by atoms with Gasteiger partial charge in [-0.2, -0.15) is 0 Å². The Bertz CT molecular complexity index is 1120. The molecule has 3 heterocycles. The fourth-order valence-electron chi connectivity index (χ4n) is 4.85. The van der Waals surface area contributed by atoms with Crippen LogP contribution in [0.15, 0.2) is 53.4 Å². The van der Waals surface area contributed by atoms with Crippen molar-refractivity contribution in [3.05, 3.63) is 60.0 Å². The van der Waals surface area contributed by atoms with Gasteiger partial charge in [-0.05, 0) is 62.9 Å². The first kappa shape index (κ1) is 22.1. The van der Waals surface area contributed by atoms with Crippen LogP contribution in [0.5, 0.6) is 0 Å². The topological polar surface area (TPSA) is 49.3 Å². The first-order valence-corrected chi connectivity index (χ1v) is 12.6. The van der Waals surface area contributed by atoms with Crippen molar-refractivity contribution in [1.29, 1.82) is 0 Å². The number of thioether (sulfide) groups is 1. The molecule has 2 aromatic carbocycles. The molecule has 0 bridgehead atoms. The number of aromatic nitrogens is 2. The third-order valence-corrected chi connectivity index (χ3v) is 8.13. The van der Waals surface area contributed by atoms with Crippen LogP contribution < -0.4 is 4.90 Å². The quantitative estimate of drug-likeness (QED) is 0.539. The van der Waals surface area contributed by atoms with Gasteiger partial charge in [0.2, 0.25) is 11.9 Å². The van der Waals surface area contributed by atoms with E-state index in [2.05, 4.69) is 15.9 Å². The van der Waals surface area contributed by atoms with E-state index in [1.54, 1.807) is 11.8 Å². The molecule has 1 amide bonds. The highest BCUT2D eigenvalue weighted by Crippen LogP contribution is 2.32. The van der Waals surface area contributed by atoms with Crippen molar-refractivity contribution >= 4 is 34.5 Å². The fourth-order valence-corrected chi connectivity index (χ4v) is 5.97. The minimum Gasteiger partial charge on any atom is -0.342 e. The van der Waals surface area contributed by atoms with E-state index in [-0.39, 0.29) is 11.7 Å². The monoisotopic (exact) mass is 464 g/mol. The molecule has 0 saturated carbocycles. The third-order valence-electron chi connectivity index (χ3n) is 6.78. The SMILES string of the molecule is Cc1nc(N2CCC(C(=O)N3CCC(Sc4ccc(F)cc4)CC3)CC2)nc2ccccc12. The van der Waals surface area contributed by atoms with Crippen molar-refractivity contribution < 1.29 is 9.18 Å². The number of hydrogen-bond acceptors (Lipinski definition) is 5. The lowest BCUT2D eigenvalue weighted by atomic mass is 9.94. The molecule has 2 aliphatic heterocycles. The van der Waals surface area contributed by atoms with E-state index in [0.29, 0.717) is 11.2 Å². The summed E-state index contributed by atoms with van der Waals surface area (Å²) in [6.07, 6.45) is 3.66. The number of rotatable bonds is 4. The summed E-state index contributed by atoms with van der Waals surface area (Å²) in [6.45, 7) is 5.27. The average Bonchev–Trinajstić information content (AvgIpc) is 2.85. The van der Waals surface area contributed by atoms with E-state index < -0.39 is 0 Å². The lowest BCUT2D eigenvalue weighted by molar-refractivity contribution is -0.137. The van der Waals surface area contributed by atoms with Gasteiger partial charge in [0.05, 0.1) is 11.2 Å². The van der Waals surface area contributed by atoms with Crippen LogP contribution in [0.1, 0.15) is 31.4 Å². The molecule has 0 atom stereocenters. The first-order valence-electron chi connectivity index (χ1n) is 11.8. The predicted molar refractivity (Wildman–Crippen MR) is 131 cm³/mol. The lowest BCUT2D eigenvalue weighted by Gasteiger charge is -2.37. The number of carbonyl (C=O) groups excluding carboxylic acids is 1. The van der Waals surface area contributed by atoms with Crippen LogP contribution in [-0.4, -0.2) is 52.2 Å². The van der Waals surface area contributed by atoms with Crippen LogP contribution in [-0.2, 0) is 4.79 Å². The van der Waals surface area contributed by atoms with E-state index in [1.165, 1.54) is 12.1 Å². The molecule has 172 valence electrons. The highest BCUT2D eigenvalue weighted by atomic mass is 32.2. The van der Waals surface area contributed by atoms with E-state index in [9.17, 15) is 9.18 Å². The van der Waals surface area contributed by atoms with E-state index in [4.69, 9.17) is 9.97 Å². The van der Waals surface area contributed by atoms with E-state index in [0.717, 1.165) is 79.3 Å². The van der Waals surface area contributed by atoms with Gasteiger partial charge >= 0.3 is 0 Å². The summed E-state index contributed by atoms with van der Waals surface area (Å²) >= 11 is 1.80. The number of hydrogen-bond donors (Lipinski definition) is 0. The fraction of sp³-hybridized carbons (Fsp3) is 0.423. The molecule has 1 aromatic heterocycles. The van der Waals surface area contributed by atoms with Gasteiger partial charge in [-0.3, -0.25) is 4.79 Å². The normalized spacial score (nSPS) is 18.1. The molecule has 5 rings (SSSR count). The van der Waals surface area contributed by atoms with Crippen molar-refractivity contribution in [2.75, 3.05) is 31.1 Å². The van der Waals surface area contributed by atoms with Gasteiger partial charge in [0, 0.05) is 47.6 Å². The van der Waals surface area contributed by atoms with Gasteiger partial charge in [0.1, 0.15) is 5.82 Å². The molecule has 0 aliphatic carbocycles. The molecule has 2 aliphatic rings. The Labute approximate surface area is 198 Å². The summed E-state index contributed by atoms with van der Waals surface area (Å²) in [6, 6.07) is 14.8. The van der Waals surface area contributed by atoms with Gasteiger partial charge in [-0.25, -0.2) is 14.4 Å². The summed E-state index contributed by atoms with van der Waals surface area (Å²) in [7, 11) is 0. The molecule has 0 radical (unpaired) electrons. The Morgan fingerprint density at radius 2 is 1.64 bits per heavy atom. The number of anilines is 1. The molecule has 5 nitrogen and oxygen atoms in total. The van der Waals surface area contributed by atoms with Crippen molar-refractivity contribution in [3.8, 4) is 0 Å². The number of piperidine rings is 2. The Morgan fingerprint density at radius 3 is 2.36 bits per heavy atom. The summed E-state index contributed by atoms with van der Waals surface area (Å²) in [5.74, 6) is 0.962. The second-order valence-electron chi connectivity index (χ2n) is 8.98. The number of fused-ring (bicyclic) bond motifs is 1. The molecule has 0 unspecified atom stereocenters. The van der Waals surface area contributed by atoms with E-state index >= 15 is 0 Å². The molecule has 33 heavy (non-hydrogen) atoms. The number of likely N-dealkylation sites (tertiary alicyclic amines) is 1. The predicted octanol–water partition coefficient (Wildman–Crippen LogP) is 5.08. The summed E-state index contributed by atoms with van der Waals surface area (Å²) in [5, 5.41) is 1.57. The zero-order valence-corrected chi connectivity index (χ0v) is 19.7. The maximum Gasteiger partial charge on any atom is 0.226 e. The minimum absolute atomic E-state index is 0.0871. The molecule has 0 spiro atoms. The highest BCUT2D eigenvalue weighted by Gasteiger charge is 2.31. The summed E-state index contributed by atoms with van der Waals surface area (Å²) in [5.41, 5.74) is 1.97. The van der Waals surface area contributed by atoms with Crippen LogP contribution in [0.3, 0.4) is 0 Å². The van der Waals surface area contributed by atoms with Gasteiger partial charge in [-0.15, -0.1) is 11.8 Å². The average molecular weight is 465 g/mol. The smallest absolute Gasteiger partial charge is 0.226 e. The molecule has 7 heteroatoms. The Morgan fingerprint density at radius 1 is 0.939 bits per heavy atom. The van der Waals surface area contributed by atoms with Gasteiger partial charge in [0.15, 0.2) is 0 Å². The number of nitrogens with zero attached hydrogens (tertiary/aromatic N) is 4. The molecule has 2 fully saturated rings. The van der Waals surface area contributed by atoms with Crippen LogP contribution in [0.4, 0.5) is 10.3 Å². The van der Waals surface area contributed by atoms with Gasteiger partial charge < -0.3 is 9.80 Å². The summed E-state index contributed by atoms with van der Waals surface area (Å²) in [4.78, 5) is 28.0. The second kappa shape index (κ2) is 9.67. The summed E-state index contributed by atoms with van der Waals surface area (Å²) < 4.78 is 13.1. The van der Waals surface area contributed by atoms with Gasteiger partial charge in [-0.1, -0.05) is 18.2 Å². The molecular weight excluding hydrogens is 435 g/mol. The lowest BCUT2D eigenvalue weighted by Crippen LogP contribution is -2.46. The van der Waals surface area contributed by atoms with Gasteiger partial charge in [0.25, 0.3) is 0 Å². The second-order valence-corrected chi connectivity index (χ2v) is 10.4. The maximum atomic E-state index is 13.2.